The van der Waals surface area contributed by atoms with E-state index in [1.165, 1.54) is 25.7 Å². The van der Waals surface area contributed by atoms with E-state index in [1.807, 2.05) is 6.92 Å². The Kier molecular flexibility index (Phi) is 3.52. The zero-order valence-corrected chi connectivity index (χ0v) is 11.1. The molecule has 4 heteroatoms. The molecule has 1 unspecified atom stereocenters. The monoisotopic (exact) mass is 237 g/mol. The van der Waals surface area contributed by atoms with Crippen molar-refractivity contribution < 1.29 is 4.42 Å². The van der Waals surface area contributed by atoms with E-state index >= 15 is 0 Å². The highest BCUT2D eigenvalue weighted by Crippen LogP contribution is 2.45. The molecule has 0 bridgehead atoms. The minimum atomic E-state index is -0.172. The van der Waals surface area contributed by atoms with E-state index in [-0.39, 0.29) is 11.5 Å². The summed E-state index contributed by atoms with van der Waals surface area (Å²) in [5.74, 6) is 2.03. The van der Waals surface area contributed by atoms with E-state index < -0.39 is 0 Å². The summed E-state index contributed by atoms with van der Waals surface area (Å²) in [4.78, 5) is 0. The normalized spacial score (nSPS) is 21.0. The van der Waals surface area contributed by atoms with Gasteiger partial charge in [-0.25, -0.2) is 0 Å². The number of rotatable bonds is 4. The first-order chi connectivity index (χ1) is 8.03. The zero-order chi connectivity index (χ0) is 12.5. The lowest BCUT2D eigenvalue weighted by Gasteiger charge is -2.26. The van der Waals surface area contributed by atoms with E-state index in [1.54, 1.807) is 0 Å². The van der Waals surface area contributed by atoms with E-state index in [0.29, 0.717) is 11.8 Å². The molecule has 1 fully saturated rings. The van der Waals surface area contributed by atoms with Crippen LogP contribution in [-0.2, 0) is 5.41 Å². The second kappa shape index (κ2) is 4.77. The van der Waals surface area contributed by atoms with Crippen molar-refractivity contribution in [2.24, 2.45) is 11.7 Å². The topological polar surface area (TPSA) is 64.9 Å². The Morgan fingerprint density at radius 1 is 1.24 bits per heavy atom. The predicted octanol–water partition coefficient (Wildman–Crippen LogP) is 2.95. The van der Waals surface area contributed by atoms with Crippen LogP contribution >= 0.6 is 0 Å². The average molecular weight is 237 g/mol. The Morgan fingerprint density at radius 3 is 2.35 bits per heavy atom. The summed E-state index contributed by atoms with van der Waals surface area (Å²) in [6.07, 6.45) is 6.01. The number of aromatic nitrogens is 2. The molecule has 17 heavy (non-hydrogen) atoms. The van der Waals surface area contributed by atoms with Crippen LogP contribution in [-0.4, -0.2) is 10.2 Å². The SMILES string of the molecule is CC(C)CC1(c2nnc(C(C)N)o2)CCCC1. The van der Waals surface area contributed by atoms with Crippen LogP contribution in [0, 0.1) is 5.92 Å². The third-order valence-corrected chi connectivity index (χ3v) is 3.64. The van der Waals surface area contributed by atoms with Crippen molar-refractivity contribution in [2.75, 3.05) is 0 Å². The van der Waals surface area contributed by atoms with Crippen LogP contribution in [0.3, 0.4) is 0 Å². The van der Waals surface area contributed by atoms with Crippen molar-refractivity contribution in [2.45, 2.75) is 64.3 Å². The maximum absolute atomic E-state index is 5.79. The molecular weight excluding hydrogens is 214 g/mol. The zero-order valence-electron chi connectivity index (χ0n) is 11.1. The van der Waals surface area contributed by atoms with Crippen LogP contribution in [0.1, 0.15) is 70.7 Å². The van der Waals surface area contributed by atoms with Gasteiger partial charge < -0.3 is 10.2 Å². The van der Waals surface area contributed by atoms with Gasteiger partial charge in [0.1, 0.15) is 0 Å². The summed E-state index contributed by atoms with van der Waals surface area (Å²) in [5.41, 5.74) is 5.89. The number of nitrogens with zero attached hydrogens (tertiary/aromatic N) is 2. The molecule has 1 aromatic rings. The lowest BCUT2D eigenvalue weighted by molar-refractivity contribution is 0.264. The van der Waals surface area contributed by atoms with Crippen molar-refractivity contribution in [1.82, 2.24) is 10.2 Å². The molecule has 1 aliphatic carbocycles. The van der Waals surface area contributed by atoms with Gasteiger partial charge in [-0.05, 0) is 32.1 Å². The molecule has 0 saturated heterocycles. The molecule has 4 nitrogen and oxygen atoms in total. The Bertz CT molecular complexity index is 364. The van der Waals surface area contributed by atoms with Crippen LogP contribution in [0.5, 0.6) is 0 Å². The van der Waals surface area contributed by atoms with Crippen LogP contribution in [0.2, 0.25) is 0 Å². The molecule has 0 spiro atoms. The fourth-order valence-electron chi connectivity index (χ4n) is 2.97. The fraction of sp³-hybridized carbons (Fsp3) is 0.846. The van der Waals surface area contributed by atoms with E-state index in [2.05, 4.69) is 24.0 Å². The maximum Gasteiger partial charge on any atom is 0.232 e. The van der Waals surface area contributed by atoms with Gasteiger partial charge in [-0.2, -0.15) is 0 Å². The Morgan fingerprint density at radius 2 is 1.88 bits per heavy atom. The first-order valence-corrected chi connectivity index (χ1v) is 6.63. The highest BCUT2D eigenvalue weighted by atomic mass is 16.4. The Hall–Kier alpha value is -0.900. The highest BCUT2D eigenvalue weighted by Gasteiger charge is 2.41. The van der Waals surface area contributed by atoms with Gasteiger partial charge in [0.25, 0.3) is 0 Å². The molecule has 0 aromatic carbocycles. The van der Waals surface area contributed by atoms with Gasteiger partial charge in [0.15, 0.2) is 0 Å². The number of hydrogen-bond acceptors (Lipinski definition) is 4. The summed E-state index contributed by atoms with van der Waals surface area (Å²) >= 11 is 0. The molecule has 1 aromatic heterocycles. The molecule has 0 aliphatic heterocycles. The van der Waals surface area contributed by atoms with E-state index in [9.17, 15) is 0 Å². The summed E-state index contributed by atoms with van der Waals surface area (Å²) in [7, 11) is 0. The lowest BCUT2D eigenvalue weighted by atomic mass is 9.78. The van der Waals surface area contributed by atoms with Gasteiger partial charge in [-0.1, -0.05) is 26.7 Å². The smallest absolute Gasteiger partial charge is 0.232 e. The van der Waals surface area contributed by atoms with Gasteiger partial charge in [0, 0.05) is 5.41 Å². The third kappa shape index (κ3) is 2.51. The molecule has 0 radical (unpaired) electrons. The van der Waals surface area contributed by atoms with Gasteiger partial charge in [0.2, 0.25) is 11.8 Å². The molecule has 1 aliphatic rings. The third-order valence-electron chi connectivity index (χ3n) is 3.64. The van der Waals surface area contributed by atoms with Crippen molar-refractivity contribution in [3.05, 3.63) is 11.8 Å². The minimum Gasteiger partial charge on any atom is -0.423 e. The second-order valence-corrected chi connectivity index (χ2v) is 5.82. The van der Waals surface area contributed by atoms with Crippen molar-refractivity contribution >= 4 is 0 Å². The fourth-order valence-corrected chi connectivity index (χ4v) is 2.97. The van der Waals surface area contributed by atoms with Gasteiger partial charge in [-0.3, -0.25) is 0 Å². The van der Waals surface area contributed by atoms with Gasteiger partial charge >= 0.3 is 0 Å². The van der Waals surface area contributed by atoms with Crippen LogP contribution in [0.15, 0.2) is 4.42 Å². The average Bonchev–Trinajstić information content (AvgIpc) is 2.83. The van der Waals surface area contributed by atoms with Crippen molar-refractivity contribution in [3.63, 3.8) is 0 Å². The molecule has 1 saturated carbocycles. The molecule has 1 atom stereocenters. The van der Waals surface area contributed by atoms with E-state index in [4.69, 9.17) is 10.2 Å². The van der Waals surface area contributed by atoms with Crippen LogP contribution in [0.4, 0.5) is 0 Å². The minimum absolute atomic E-state index is 0.119. The lowest BCUT2D eigenvalue weighted by Crippen LogP contribution is -2.24. The summed E-state index contributed by atoms with van der Waals surface area (Å²) < 4.78 is 5.79. The van der Waals surface area contributed by atoms with Gasteiger partial charge in [-0.15, -0.1) is 10.2 Å². The molecule has 2 N–H and O–H groups in total. The molecule has 2 rings (SSSR count). The Balaban J connectivity index is 2.25. The summed E-state index contributed by atoms with van der Waals surface area (Å²) in [5, 5.41) is 8.32. The van der Waals surface area contributed by atoms with Crippen LogP contribution in [0.25, 0.3) is 0 Å². The van der Waals surface area contributed by atoms with Gasteiger partial charge in [0.05, 0.1) is 6.04 Å². The summed E-state index contributed by atoms with van der Waals surface area (Å²) in [6, 6.07) is -0.172. The number of hydrogen-bond donors (Lipinski definition) is 1. The largest absolute Gasteiger partial charge is 0.423 e. The van der Waals surface area contributed by atoms with E-state index in [0.717, 1.165) is 12.3 Å². The summed E-state index contributed by atoms with van der Waals surface area (Å²) in [6.45, 7) is 6.38. The molecule has 1 heterocycles. The first-order valence-electron chi connectivity index (χ1n) is 6.63. The van der Waals surface area contributed by atoms with Crippen LogP contribution < -0.4 is 5.73 Å². The van der Waals surface area contributed by atoms with Crippen molar-refractivity contribution in [3.8, 4) is 0 Å². The number of nitrogens with two attached hydrogens (primary N) is 1. The Labute approximate surface area is 103 Å². The highest BCUT2D eigenvalue weighted by molar-refractivity contribution is 5.08. The maximum atomic E-state index is 5.79. The molecule has 96 valence electrons. The van der Waals surface area contributed by atoms with Crippen molar-refractivity contribution in [1.29, 1.82) is 0 Å². The first kappa shape index (κ1) is 12.6. The quantitative estimate of drug-likeness (QED) is 0.874. The molecule has 0 amide bonds. The molecular formula is C13H23N3O. The standard InChI is InChI=1S/C13H23N3O/c1-9(2)8-13(6-4-5-7-13)12-16-15-11(17-12)10(3)14/h9-10H,4-8,14H2,1-3H3. The second-order valence-electron chi connectivity index (χ2n) is 5.82. The predicted molar refractivity (Wildman–Crippen MR) is 66.5 cm³/mol.